The lowest BCUT2D eigenvalue weighted by molar-refractivity contribution is -0.288. The number of carbonyl (C=O) groups excluding carboxylic acids is 3. The van der Waals surface area contributed by atoms with Gasteiger partial charge in [0.15, 0.2) is 12.1 Å². The van der Waals surface area contributed by atoms with Crippen LogP contribution in [-0.2, 0) is 19.0 Å². The number of fused-ring (bicyclic) bond motifs is 3. The highest BCUT2D eigenvalue weighted by atomic mass is 16.7. The van der Waals surface area contributed by atoms with Crippen LogP contribution >= 0.6 is 0 Å². The summed E-state index contributed by atoms with van der Waals surface area (Å²) < 4.78 is 16.1. The third-order valence-electron chi connectivity index (χ3n) is 7.98. The predicted octanol–water partition coefficient (Wildman–Crippen LogP) is -0.123. The molecule has 2 aliphatic carbocycles. The molecule has 7 atom stereocenters. The second kappa shape index (κ2) is 9.80. The van der Waals surface area contributed by atoms with E-state index in [1.165, 1.54) is 25.1 Å². The predicted molar refractivity (Wildman–Crippen MR) is 131 cm³/mol. The van der Waals surface area contributed by atoms with Gasteiger partial charge in [0.25, 0.3) is 0 Å². The molecular formula is C27H28O13. The topological polar surface area (TPSA) is 221 Å². The normalized spacial score (nSPS) is 31.2. The van der Waals surface area contributed by atoms with Crippen molar-refractivity contribution in [3.05, 3.63) is 51.6 Å². The van der Waals surface area contributed by atoms with Gasteiger partial charge >= 0.3 is 5.97 Å². The quantitative estimate of drug-likeness (QED) is 0.164. The van der Waals surface area contributed by atoms with E-state index in [0.717, 1.165) is 7.11 Å². The Morgan fingerprint density at radius 2 is 1.65 bits per heavy atom. The Hall–Kier alpha value is -3.59. The Balaban J connectivity index is 1.77. The Morgan fingerprint density at radius 1 is 1.00 bits per heavy atom. The van der Waals surface area contributed by atoms with Gasteiger partial charge in [-0.1, -0.05) is 19.1 Å². The average molecular weight is 561 g/mol. The van der Waals surface area contributed by atoms with Crippen LogP contribution in [0.2, 0.25) is 0 Å². The fourth-order valence-electron chi connectivity index (χ4n) is 5.84. The highest BCUT2D eigenvalue weighted by molar-refractivity contribution is 6.31. The van der Waals surface area contributed by atoms with Crippen LogP contribution in [0.1, 0.15) is 74.8 Å². The first kappa shape index (κ1) is 28.0. The Labute approximate surface area is 226 Å². The van der Waals surface area contributed by atoms with Crippen LogP contribution in [0.4, 0.5) is 0 Å². The first-order chi connectivity index (χ1) is 18.9. The van der Waals surface area contributed by atoms with Crippen molar-refractivity contribution in [2.24, 2.45) is 0 Å². The van der Waals surface area contributed by atoms with Crippen molar-refractivity contribution in [1.82, 2.24) is 0 Å². The summed E-state index contributed by atoms with van der Waals surface area (Å²) in [6.07, 6.45) is -8.51. The molecule has 2 aromatic carbocycles. The van der Waals surface area contributed by atoms with Gasteiger partial charge in [0.05, 0.1) is 42.1 Å². The minimum absolute atomic E-state index is 0.109. The van der Waals surface area contributed by atoms with E-state index in [2.05, 4.69) is 0 Å². The maximum absolute atomic E-state index is 13.5. The van der Waals surface area contributed by atoms with Crippen LogP contribution in [0.25, 0.3) is 0 Å². The van der Waals surface area contributed by atoms with Gasteiger partial charge in [0.2, 0.25) is 5.78 Å². The number of aromatic hydroxyl groups is 3. The highest BCUT2D eigenvalue weighted by Gasteiger charge is 2.55. The summed E-state index contributed by atoms with van der Waals surface area (Å²) in [5.41, 5.74) is -4.73. The molecule has 3 aliphatic rings. The number of carbonyl (C=O) groups is 3. The molecule has 40 heavy (non-hydrogen) atoms. The van der Waals surface area contributed by atoms with Crippen molar-refractivity contribution in [1.29, 1.82) is 0 Å². The van der Waals surface area contributed by atoms with Crippen molar-refractivity contribution in [3.8, 4) is 17.2 Å². The molecule has 2 aromatic rings. The SMILES string of the molecule is CC[C@@]1(O)C[C@H](O[C@@H]2OC[C@H](O)[C@H](O)[C@H]2O)c2c(O)c3c(c(O)c2[C@H]1C(=O)OC)C(=O)c1cccc(O)c1C3=O. The second-order valence-electron chi connectivity index (χ2n) is 10.1. The highest BCUT2D eigenvalue weighted by Crippen LogP contribution is 2.57. The van der Waals surface area contributed by atoms with Gasteiger partial charge < -0.3 is 50.0 Å². The number of phenolic OH excluding ortho intramolecular Hbond substituents is 3. The van der Waals surface area contributed by atoms with Gasteiger partial charge in [-0.25, -0.2) is 0 Å². The van der Waals surface area contributed by atoms with E-state index in [-0.39, 0.29) is 17.5 Å². The minimum atomic E-state index is -1.99. The molecule has 1 saturated heterocycles. The molecule has 1 fully saturated rings. The average Bonchev–Trinajstić information content (AvgIpc) is 2.93. The summed E-state index contributed by atoms with van der Waals surface area (Å²) in [5, 5.41) is 75.3. The number of aliphatic hydroxyl groups is 4. The van der Waals surface area contributed by atoms with Gasteiger partial charge in [-0.05, 0) is 12.5 Å². The standard InChI is InChI=1S/C27H28O13/c1-3-27(37)7-12(40-26-24(35)20(31)11(29)8-39-26)14-15(18(27)25(36)38-2)23(34)16-17(22(14)33)21(32)13-9(19(16)30)5-4-6-10(13)28/h4-6,11-12,18,20,24,26,28-29,31,33-35,37H,3,7-8H2,1-2H3/t11-,12-,18-,20-,24+,26-,27+/m0/s1. The molecular weight excluding hydrogens is 532 g/mol. The molecule has 0 saturated carbocycles. The van der Waals surface area contributed by atoms with Gasteiger partial charge in [-0.3, -0.25) is 14.4 Å². The molecule has 0 spiro atoms. The van der Waals surface area contributed by atoms with Crippen molar-refractivity contribution in [2.45, 2.75) is 62.0 Å². The summed E-state index contributed by atoms with van der Waals surface area (Å²) in [5.74, 6) is -6.86. The molecule has 13 nitrogen and oxygen atoms in total. The molecule has 5 rings (SSSR count). The molecule has 1 aliphatic heterocycles. The molecule has 1 heterocycles. The number of methoxy groups -OCH3 is 1. The van der Waals surface area contributed by atoms with E-state index in [1.807, 2.05) is 0 Å². The minimum Gasteiger partial charge on any atom is -0.507 e. The van der Waals surface area contributed by atoms with Crippen molar-refractivity contribution >= 4 is 17.5 Å². The van der Waals surface area contributed by atoms with Gasteiger partial charge in [-0.15, -0.1) is 0 Å². The number of ether oxygens (including phenoxy) is 3. The fraction of sp³-hybridized carbons (Fsp3) is 0.444. The zero-order valence-corrected chi connectivity index (χ0v) is 21.4. The van der Waals surface area contributed by atoms with Crippen LogP contribution in [0, 0.1) is 0 Å². The lowest BCUT2D eigenvalue weighted by atomic mass is 9.66. The van der Waals surface area contributed by atoms with Crippen LogP contribution in [0.3, 0.4) is 0 Å². The summed E-state index contributed by atoms with van der Waals surface area (Å²) in [4.78, 5) is 40.1. The van der Waals surface area contributed by atoms with E-state index in [0.29, 0.717) is 0 Å². The van der Waals surface area contributed by atoms with Crippen LogP contribution in [0.5, 0.6) is 17.2 Å². The lowest BCUT2D eigenvalue weighted by Gasteiger charge is -2.45. The molecule has 13 heteroatoms. The Bertz CT molecular complexity index is 1420. The van der Waals surface area contributed by atoms with Crippen LogP contribution in [0.15, 0.2) is 18.2 Å². The Kier molecular flexibility index (Phi) is 6.85. The third-order valence-corrected chi connectivity index (χ3v) is 7.98. The molecule has 0 aromatic heterocycles. The molecule has 214 valence electrons. The van der Waals surface area contributed by atoms with E-state index in [4.69, 9.17) is 14.2 Å². The number of hydrogen-bond acceptors (Lipinski definition) is 13. The summed E-state index contributed by atoms with van der Waals surface area (Å²) in [7, 11) is 1.04. The zero-order chi connectivity index (χ0) is 29.3. The maximum atomic E-state index is 13.5. The zero-order valence-electron chi connectivity index (χ0n) is 21.4. The number of aliphatic hydroxyl groups excluding tert-OH is 3. The number of ketones is 2. The first-order valence-corrected chi connectivity index (χ1v) is 12.5. The maximum Gasteiger partial charge on any atom is 0.316 e. The van der Waals surface area contributed by atoms with E-state index in [1.54, 1.807) is 0 Å². The van der Waals surface area contributed by atoms with Gasteiger partial charge in [-0.2, -0.15) is 0 Å². The summed E-state index contributed by atoms with van der Waals surface area (Å²) in [6.45, 7) is 1.10. The van der Waals surface area contributed by atoms with E-state index >= 15 is 0 Å². The number of hydrogen-bond donors (Lipinski definition) is 7. The molecule has 0 bridgehead atoms. The van der Waals surface area contributed by atoms with E-state index in [9.17, 15) is 50.1 Å². The van der Waals surface area contributed by atoms with Crippen LogP contribution < -0.4 is 0 Å². The monoisotopic (exact) mass is 560 g/mol. The lowest BCUT2D eigenvalue weighted by Crippen LogP contribution is -2.55. The number of esters is 1. The van der Waals surface area contributed by atoms with Crippen molar-refractivity contribution in [2.75, 3.05) is 13.7 Å². The number of benzene rings is 2. The molecule has 0 radical (unpaired) electrons. The Morgan fingerprint density at radius 3 is 2.30 bits per heavy atom. The fourth-order valence-corrected chi connectivity index (χ4v) is 5.84. The number of phenols is 3. The smallest absolute Gasteiger partial charge is 0.316 e. The van der Waals surface area contributed by atoms with Crippen molar-refractivity contribution < 1.29 is 64.3 Å². The summed E-state index contributed by atoms with van der Waals surface area (Å²) in [6, 6.07) is 3.74. The molecule has 7 N–H and O–H groups in total. The third kappa shape index (κ3) is 3.89. The van der Waals surface area contributed by atoms with Crippen molar-refractivity contribution in [3.63, 3.8) is 0 Å². The molecule has 0 amide bonds. The van der Waals surface area contributed by atoms with E-state index < -0.39 is 112 Å². The van der Waals surface area contributed by atoms with Crippen LogP contribution in [-0.4, -0.2) is 97.2 Å². The summed E-state index contributed by atoms with van der Waals surface area (Å²) >= 11 is 0. The van der Waals surface area contributed by atoms with Gasteiger partial charge in [0.1, 0.15) is 41.5 Å². The number of rotatable bonds is 4. The second-order valence-corrected chi connectivity index (χ2v) is 10.1. The first-order valence-electron chi connectivity index (χ1n) is 12.5. The van der Waals surface area contributed by atoms with Gasteiger partial charge in [0, 0.05) is 23.1 Å². The molecule has 0 unspecified atom stereocenters. The largest absolute Gasteiger partial charge is 0.507 e.